The van der Waals surface area contributed by atoms with Crippen LogP contribution in [-0.2, 0) is 4.79 Å². The number of amides is 2. The summed E-state index contributed by atoms with van der Waals surface area (Å²) in [6, 6.07) is 31.5. The summed E-state index contributed by atoms with van der Waals surface area (Å²) in [5.41, 5.74) is 2.77. The van der Waals surface area contributed by atoms with Crippen molar-refractivity contribution in [1.29, 1.82) is 0 Å². The van der Waals surface area contributed by atoms with Crippen LogP contribution in [0.1, 0.15) is 35.3 Å². The van der Waals surface area contributed by atoms with E-state index >= 15 is 0 Å². The molecule has 0 fully saturated rings. The zero-order valence-electron chi connectivity index (χ0n) is 20.5. The Morgan fingerprint density at radius 3 is 2.19 bits per heavy atom. The summed E-state index contributed by atoms with van der Waals surface area (Å²) in [6.45, 7) is 1.85. The Morgan fingerprint density at radius 1 is 0.865 bits per heavy atom. The highest BCUT2D eigenvalue weighted by Crippen LogP contribution is 2.42. The van der Waals surface area contributed by atoms with E-state index in [4.69, 9.17) is 4.74 Å². The normalized spacial score (nSPS) is 16.5. The summed E-state index contributed by atoms with van der Waals surface area (Å²) in [5, 5.41) is 0. The average molecular weight is 495 g/mol. The molecule has 186 valence electrons. The molecule has 0 radical (unpaired) electrons. The van der Waals surface area contributed by atoms with Crippen molar-refractivity contribution in [2.24, 2.45) is 0 Å². The third-order valence-corrected chi connectivity index (χ3v) is 6.59. The van der Waals surface area contributed by atoms with Gasteiger partial charge in [0, 0.05) is 23.0 Å². The van der Waals surface area contributed by atoms with Gasteiger partial charge in [0.2, 0.25) is 0 Å². The van der Waals surface area contributed by atoms with E-state index in [0.717, 1.165) is 16.9 Å². The van der Waals surface area contributed by atoms with E-state index in [9.17, 15) is 14.0 Å². The van der Waals surface area contributed by atoms with Crippen LogP contribution in [-0.4, -0.2) is 24.5 Å². The second-order valence-electron chi connectivity index (χ2n) is 9.04. The van der Waals surface area contributed by atoms with Gasteiger partial charge in [-0.15, -0.1) is 0 Å². The molecule has 0 aromatic heterocycles. The molecule has 6 heteroatoms. The maximum Gasteiger partial charge on any atom is 0.265 e. The molecule has 0 spiro atoms. The zero-order chi connectivity index (χ0) is 25.8. The number of para-hydroxylation sites is 3. The largest absolute Gasteiger partial charge is 0.484 e. The Balaban J connectivity index is 1.50. The van der Waals surface area contributed by atoms with Crippen LogP contribution in [0.5, 0.6) is 5.75 Å². The Labute approximate surface area is 215 Å². The molecule has 1 aliphatic rings. The Hall–Kier alpha value is -4.45. The molecule has 0 unspecified atom stereocenters. The van der Waals surface area contributed by atoms with Gasteiger partial charge in [-0.2, -0.15) is 0 Å². The second kappa shape index (κ2) is 10.7. The van der Waals surface area contributed by atoms with Crippen LogP contribution in [0.4, 0.5) is 15.8 Å². The maximum atomic E-state index is 13.7. The molecule has 2 atom stereocenters. The van der Waals surface area contributed by atoms with Crippen molar-refractivity contribution in [1.82, 2.24) is 0 Å². The van der Waals surface area contributed by atoms with E-state index in [2.05, 4.69) is 0 Å². The highest BCUT2D eigenvalue weighted by Gasteiger charge is 2.38. The lowest BCUT2D eigenvalue weighted by atomic mass is 9.89. The van der Waals surface area contributed by atoms with Crippen LogP contribution in [0.25, 0.3) is 0 Å². The van der Waals surface area contributed by atoms with Gasteiger partial charge >= 0.3 is 0 Å². The number of benzene rings is 4. The average Bonchev–Trinajstić information content (AvgIpc) is 2.93. The summed E-state index contributed by atoms with van der Waals surface area (Å²) in [4.78, 5) is 30.7. The fourth-order valence-electron chi connectivity index (χ4n) is 4.88. The molecule has 4 aromatic carbocycles. The second-order valence-corrected chi connectivity index (χ2v) is 9.04. The van der Waals surface area contributed by atoms with Crippen molar-refractivity contribution < 1.29 is 18.7 Å². The molecule has 1 aliphatic heterocycles. The van der Waals surface area contributed by atoms with Crippen molar-refractivity contribution in [2.75, 3.05) is 16.4 Å². The van der Waals surface area contributed by atoms with Gasteiger partial charge in [-0.25, -0.2) is 4.39 Å². The molecule has 0 saturated carbocycles. The quantitative estimate of drug-likeness (QED) is 0.311. The summed E-state index contributed by atoms with van der Waals surface area (Å²) < 4.78 is 19.3. The lowest BCUT2D eigenvalue weighted by Gasteiger charge is -2.43. The van der Waals surface area contributed by atoms with E-state index in [1.54, 1.807) is 9.80 Å². The minimum Gasteiger partial charge on any atom is -0.484 e. The fraction of sp³-hybridized carbons (Fsp3) is 0.161. The molecule has 0 saturated heterocycles. The number of nitrogens with zero attached hydrogens (tertiary/aromatic N) is 2. The number of rotatable bonds is 6. The van der Waals surface area contributed by atoms with Crippen LogP contribution in [0.2, 0.25) is 0 Å². The number of anilines is 2. The molecule has 0 bridgehead atoms. The number of carbonyl (C=O) groups is 2. The van der Waals surface area contributed by atoms with Crippen LogP contribution in [0.15, 0.2) is 109 Å². The number of hydrogen-bond acceptors (Lipinski definition) is 3. The van der Waals surface area contributed by atoms with E-state index in [0.29, 0.717) is 17.7 Å². The molecular weight excluding hydrogens is 467 g/mol. The van der Waals surface area contributed by atoms with Gasteiger partial charge in [0.05, 0.1) is 6.04 Å². The van der Waals surface area contributed by atoms with Crippen molar-refractivity contribution in [3.8, 4) is 5.75 Å². The summed E-state index contributed by atoms with van der Waals surface area (Å²) in [5.74, 6) is -0.153. The molecule has 1 heterocycles. The predicted molar refractivity (Wildman–Crippen MR) is 142 cm³/mol. The van der Waals surface area contributed by atoms with Gasteiger partial charge in [0.1, 0.15) is 11.6 Å². The van der Waals surface area contributed by atoms with Crippen molar-refractivity contribution in [2.45, 2.75) is 25.4 Å². The highest BCUT2D eigenvalue weighted by atomic mass is 19.1. The standard InChI is InChI=1S/C31H27FN2O3/c1-22-20-29(27-14-8-9-15-28(27)33(22)31(36)23-16-18-24(32)19-17-23)34(25-10-4-2-5-11-25)30(35)21-37-26-12-6-3-7-13-26/h2-19,22,29H,20-21H2,1H3/t22-,29+/m1/s1. The molecule has 2 amide bonds. The Kier molecular flexibility index (Phi) is 6.99. The predicted octanol–water partition coefficient (Wildman–Crippen LogP) is 6.42. The summed E-state index contributed by atoms with van der Waals surface area (Å²) in [7, 11) is 0. The zero-order valence-corrected chi connectivity index (χ0v) is 20.5. The topological polar surface area (TPSA) is 49.9 Å². The summed E-state index contributed by atoms with van der Waals surface area (Å²) >= 11 is 0. The van der Waals surface area contributed by atoms with Gasteiger partial charge < -0.3 is 14.5 Å². The third kappa shape index (κ3) is 5.09. The lowest BCUT2D eigenvalue weighted by Crippen LogP contribution is -2.48. The monoisotopic (exact) mass is 494 g/mol. The first-order valence-electron chi connectivity index (χ1n) is 12.3. The first-order valence-corrected chi connectivity index (χ1v) is 12.3. The minimum absolute atomic E-state index is 0.121. The van der Waals surface area contributed by atoms with Crippen LogP contribution in [0, 0.1) is 5.82 Å². The highest BCUT2D eigenvalue weighted by molar-refractivity contribution is 6.07. The Morgan fingerprint density at radius 2 is 1.49 bits per heavy atom. The Bertz CT molecular complexity index is 1380. The molecular formula is C31H27FN2O3. The smallest absolute Gasteiger partial charge is 0.265 e. The van der Waals surface area contributed by atoms with Crippen molar-refractivity contribution >= 4 is 23.2 Å². The van der Waals surface area contributed by atoms with Crippen molar-refractivity contribution in [3.63, 3.8) is 0 Å². The van der Waals surface area contributed by atoms with Crippen LogP contribution in [0.3, 0.4) is 0 Å². The van der Waals surface area contributed by atoms with Crippen LogP contribution >= 0.6 is 0 Å². The number of ether oxygens (including phenoxy) is 1. The lowest BCUT2D eigenvalue weighted by molar-refractivity contribution is -0.121. The number of fused-ring (bicyclic) bond motifs is 1. The van der Waals surface area contributed by atoms with Gasteiger partial charge in [-0.3, -0.25) is 9.59 Å². The number of halogens is 1. The van der Waals surface area contributed by atoms with E-state index in [-0.39, 0.29) is 30.5 Å². The SMILES string of the molecule is C[C@@H]1C[C@H](N(C(=O)COc2ccccc2)c2ccccc2)c2ccccc2N1C(=O)c1ccc(F)cc1. The van der Waals surface area contributed by atoms with E-state index < -0.39 is 5.82 Å². The van der Waals surface area contributed by atoms with Gasteiger partial charge in [0.25, 0.3) is 11.8 Å². The van der Waals surface area contributed by atoms with Crippen LogP contribution < -0.4 is 14.5 Å². The number of carbonyl (C=O) groups excluding carboxylic acids is 2. The fourth-order valence-corrected chi connectivity index (χ4v) is 4.88. The first kappa shape index (κ1) is 24.3. The van der Waals surface area contributed by atoms with Gasteiger partial charge in [-0.1, -0.05) is 54.6 Å². The number of hydrogen-bond donors (Lipinski definition) is 0. The molecule has 5 nitrogen and oxygen atoms in total. The first-order chi connectivity index (χ1) is 18.0. The van der Waals surface area contributed by atoms with E-state index in [1.165, 1.54) is 24.3 Å². The molecule has 37 heavy (non-hydrogen) atoms. The molecule has 5 rings (SSSR count). The molecule has 0 aliphatic carbocycles. The molecule has 4 aromatic rings. The summed E-state index contributed by atoms with van der Waals surface area (Å²) in [6.07, 6.45) is 0.524. The molecule has 0 N–H and O–H groups in total. The minimum atomic E-state index is -0.390. The van der Waals surface area contributed by atoms with Gasteiger partial charge in [-0.05, 0) is 73.5 Å². The van der Waals surface area contributed by atoms with Gasteiger partial charge in [0.15, 0.2) is 6.61 Å². The third-order valence-electron chi connectivity index (χ3n) is 6.59. The van der Waals surface area contributed by atoms with Crippen molar-refractivity contribution in [3.05, 3.63) is 126 Å². The van der Waals surface area contributed by atoms with E-state index in [1.807, 2.05) is 91.9 Å². The maximum absolute atomic E-state index is 13.7.